The van der Waals surface area contributed by atoms with Crippen LogP contribution in [0.2, 0.25) is 0 Å². The van der Waals surface area contributed by atoms with E-state index in [1.165, 1.54) is 18.4 Å². The first kappa shape index (κ1) is 8.48. The minimum atomic E-state index is 1.07. The normalized spacial score (nSPS) is 10.4. The Morgan fingerprint density at radius 3 is 2.56 bits per heavy atom. The van der Waals surface area contributed by atoms with Gasteiger partial charge in [0.05, 0.1) is 0 Å². The molecular formula is C9H16. The molecule has 0 aliphatic rings. The van der Waals surface area contributed by atoms with Crippen molar-refractivity contribution in [3.05, 3.63) is 24.3 Å². The van der Waals surface area contributed by atoms with Gasteiger partial charge in [-0.3, -0.25) is 0 Å². The summed E-state index contributed by atoms with van der Waals surface area (Å²) >= 11 is 0. The van der Waals surface area contributed by atoms with Crippen molar-refractivity contribution < 1.29 is 0 Å². The van der Waals surface area contributed by atoms with Gasteiger partial charge in [-0.2, -0.15) is 0 Å². The zero-order valence-corrected chi connectivity index (χ0v) is 6.48. The zero-order valence-electron chi connectivity index (χ0n) is 6.48. The predicted molar refractivity (Wildman–Crippen MR) is 43.5 cm³/mol. The van der Waals surface area contributed by atoms with E-state index in [0.717, 1.165) is 6.42 Å². The monoisotopic (exact) mass is 124 g/mol. The van der Waals surface area contributed by atoms with Crippen molar-refractivity contribution in [2.75, 3.05) is 0 Å². The number of hydrogen-bond donors (Lipinski definition) is 0. The van der Waals surface area contributed by atoms with E-state index in [9.17, 15) is 0 Å². The van der Waals surface area contributed by atoms with Crippen molar-refractivity contribution in [3.8, 4) is 0 Å². The van der Waals surface area contributed by atoms with Crippen LogP contribution in [0, 0.1) is 0 Å². The van der Waals surface area contributed by atoms with Gasteiger partial charge in [0.2, 0.25) is 0 Å². The van der Waals surface area contributed by atoms with Crippen LogP contribution in [0.4, 0.5) is 0 Å². The summed E-state index contributed by atoms with van der Waals surface area (Å²) in [7, 11) is 0. The van der Waals surface area contributed by atoms with Gasteiger partial charge in [0.25, 0.3) is 0 Å². The van der Waals surface area contributed by atoms with Crippen LogP contribution in [0.3, 0.4) is 0 Å². The molecule has 0 spiro atoms. The van der Waals surface area contributed by atoms with E-state index in [1.54, 1.807) is 0 Å². The third-order valence-corrected chi connectivity index (χ3v) is 1.26. The van der Waals surface area contributed by atoms with Crippen molar-refractivity contribution in [2.24, 2.45) is 0 Å². The Labute approximate surface area is 58.3 Å². The van der Waals surface area contributed by atoms with Crippen molar-refractivity contribution in [1.82, 2.24) is 0 Å². The molecule has 0 saturated heterocycles. The summed E-state index contributed by atoms with van der Waals surface area (Å²) in [5.41, 5.74) is 1.23. The molecule has 0 rings (SSSR count). The quantitative estimate of drug-likeness (QED) is 0.504. The third-order valence-electron chi connectivity index (χ3n) is 1.26. The highest BCUT2D eigenvalue weighted by molar-refractivity contribution is 5.13. The van der Waals surface area contributed by atoms with Gasteiger partial charge < -0.3 is 0 Å². The molecule has 9 heavy (non-hydrogen) atoms. The molecule has 0 fully saturated rings. The molecule has 0 aromatic rings. The first-order valence-corrected chi connectivity index (χ1v) is 3.65. The van der Waals surface area contributed by atoms with Gasteiger partial charge in [-0.1, -0.05) is 44.6 Å². The minimum absolute atomic E-state index is 1.07. The van der Waals surface area contributed by atoms with Crippen LogP contribution < -0.4 is 0 Å². The SMILES string of the molecule is C=C(C=CCCC)CC. The average Bonchev–Trinajstić information content (AvgIpc) is 1.89. The maximum absolute atomic E-state index is 3.86. The van der Waals surface area contributed by atoms with Crippen molar-refractivity contribution in [2.45, 2.75) is 33.1 Å². The minimum Gasteiger partial charge on any atom is -0.0959 e. The fourth-order valence-electron chi connectivity index (χ4n) is 0.535. The summed E-state index contributed by atoms with van der Waals surface area (Å²) in [6.45, 7) is 8.16. The predicted octanol–water partition coefficient (Wildman–Crippen LogP) is 3.31. The van der Waals surface area contributed by atoms with Crippen LogP contribution in [-0.2, 0) is 0 Å². The highest BCUT2D eigenvalue weighted by Crippen LogP contribution is 1.99. The van der Waals surface area contributed by atoms with Crippen molar-refractivity contribution >= 4 is 0 Å². The molecule has 0 amide bonds. The van der Waals surface area contributed by atoms with Crippen molar-refractivity contribution in [3.63, 3.8) is 0 Å². The van der Waals surface area contributed by atoms with Gasteiger partial charge in [0.1, 0.15) is 0 Å². The molecule has 0 saturated carbocycles. The molecule has 0 heteroatoms. The number of allylic oxidation sites excluding steroid dienone is 3. The second-order valence-electron chi connectivity index (χ2n) is 2.20. The van der Waals surface area contributed by atoms with E-state index in [2.05, 4.69) is 32.6 Å². The summed E-state index contributed by atoms with van der Waals surface area (Å²) < 4.78 is 0. The molecule has 0 bridgehead atoms. The molecule has 0 aliphatic heterocycles. The van der Waals surface area contributed by atoms with Gasteiger partial charge in [0, 0.05) is 0 Å². The van der Waals surface area contributed by atoms with E-state index in [-0.39, 0.29) is 0 Å². The molecule has 0 aromatic heterocycles. The van der Waals surface area contributed by atoms with Crippen LogP contribution in [0.1, 0.15) is 33.1 Å². The standard InChI is InChI=1S/C9H16/c1-4-6-7-8-9(3)5-2/h7-8H,3-6H2,1-2H3. The van der Waals surface area contributed by atoms with E-state index in [1.807, 2.05) is 0 Å². The molecule has 0 N–H and O–H groups in total. The fourth-order valence-corrected chi connectivity index (χ4v) is 0.535. The first-order valence-electron chi connectivity index (χ1n) is 3.65. The average molecular weight is 124 g/mol. The van der Waals surface area contributed by atoms with Gasteiger partial charge in [-0.05, 0) is 12.8 Å². The molecule has 0 aliphatic carbocycles. The Morgan fingerprint density at radius 1 is 1.44 bits per heavy atom. The van der Waals surface area contributed by atoms with Crippen LogP contribution in [-0.4, -0.2) is 0 Å². The topological polar surface area (TPSA) is 0 Å². The first-order chi connectivity index (χ1) is 4.31. The molecule has 0 radical (unpaired) electrons. The van der Waals surface area contributed by atoms with Crippen LogP contribution in [0.15, 0.2) is 24.3 Å². The van der Waals surface area contributed by atoms with Gasteiger partial charge in [-0.25, -0.2) is 0 Å². The molecule has 0 nitrogen and oxygen atoms in total. The molecule has 52 valence electrons. The van der Waals surface area contributed by atoms with E-state index in [0.29, 0.717) is 0 Å². The summed E-state index contributed by atoms with van der Waals surface area (Å²) in [6.07, 6.45) is 7.78. The Hall–Kier alpha value is -0.520. The van der Waals surface area contributed by atoms with Crippen LogP contribution >= 0.6 is 0 Å². The molecule has 0 heterocycles. The highest BCUT2D eigenvalue weighted by atomic mass is 13.9. The zero-order chi connectivity index (χ0) is 7.11. The van der Waals surface area contributed by atoms with E-state index >= 15 is 0 Å². The Morgan fingerprint density at radius 2 is 2.11 bits per heavy atom. The maximum Gasteiger partial charge on any atom is -0.0313 e. The van der Waals surface area contributed by atoms with E-state index in [4.69, 9.17) is 0 Å². The summed E-state index contributed by atoms with van der Waals surface area (Å²) in [5, 5.41) is 0. The summed E-state index contributed by atoms with van der Waals surface area (Å²) in [4.78, 5) is 0. The summed E-state index contributed by atoms with van der Waals surface area (Å²) in [5.74, 6) is 0. The smallest absolute Gasteiger partial charge is 0.0313 e. The highest BCUT2D eigenvalue weighted by Gasteiger charge is 1.78. The molecule has 0 unspecified atom stereocenters. The number of rotatable bonds is 4. The fraction of sp³-hybridized carbons (Fsp3) is 0.556. The van der Waals surface area contributed by atoms with Crippen molar-refractivity contribution in [1.29, 1.82) is 0 Å². The molecular weight excluding hydrogens is 108 g/mol. The van der Waals surface area contributed by atoms with Crippen LogP contribution in [0.5, 0.6) is 0 Å². The maximum atomic E-state index is 3.86. The third kappa shape index (κ3) is 5.35. The Bertz CT molecular complexity index is 98.6. The lowest BCUT2D eigenvalue weighted by molar-refractivity contribution is 0.956. The second kappa shape index (κ2) is 5.61. The van der Waals surface area contributed by atoms with Gasteiger partial charge >= 0.3 is 0 Å². The number of unbranched alkanes of at least 4 members (excludes halogenated alkanes) is 1. The van der Waals surface area contributed by atoms with E-state index < -0.39 is 0 Å². The molecule has 0 aromatic carbocycles. The summed E-state index contributed by atoms with van der Waals surface area (Å²) in [6, 6.07) is 0. The lowest BCUT2D eigenvalue weighted by atomic mass is 10.2. The number of hydrogen-bond acceptors (Lipinski definition) is 0. The molecule has 0 atom stereocenters. The second-order valence-corrected chi connectivity index (χ2v) is 2.20. The Balaban J connectivity index is 3.32. The van der Waals surface area contributed by atoms with Gasteiger partial charge in [-0.15, -0.1) is 0 Å². The lowest BCUT2D eigenvalue weighted by Crippen LogP contribution is -1.68. The Kier molecular flexibility index (Phi) is 5.29. The largest absolute Gasteiger partial charge is 0.0959 e. The van der Waals surface area contributed by atoms with Crippen LogP contribution in [0.25, 0.3) is 0 Å². The lowest BCUT2D eigenvalue weighted by Gasteiger charge is -1.89. The van der Waals surface area contributed by atoms with Gasteiger partial charge in [0.15, 0.2) is 0 Å².